The molecular weight excluding hydrogens is 204 g/mol. The lowest BCUT2D eigenvalue weighted by Crippen LogP contribution is -2.27. The molecule has 2 N–H and O–H groups in total. The minimum absolute atomic E-state index is 0.0897. The van der Waals surface area contributed by atoms with Crippen LogP contribution < -0.4 is 0 Å². The zero-order valence-electron chi connectivity index (χ0n) is 9.41. The second kappa shape index (κ2) is 8.19. The van der Waals surface area contributed by atoms with E-state index in [1.807, 2.05) is 0 Å². The van der Waals surface area contributed by atoms with Gasteiger partial charge in [-0.15, -0.1) is 0 Å². The van der Waals surface area contributed by atoms with Crippen molar-refractivity contribution in [3.63, 3.8) is 0 Å². The first kappa shape index (κ1) is 13.1. The van der Waals surface area contributed by atoms with E-state index in [4.69, 9.17) is 14.9 Å². The van der Waals surface area contributed by atoms with Gasteiger partial charge in [-0.05, 0) is 12.8 Å². The van der Waals surface area contributed by atoms with Crippen molar-refractivity contribution in [1.82, 2.24) is 0 Å². The summed E-state index contributed by atoms with van der Waals surface area (Å²) < 4.78 is 5.63. The Hall–Kier alpha value is -1.00. The highest BCUT2D eigenvalue weighted by Crippen LogP contribution is 2.26. The molecule has 16 heavy (non-hydrogen) atoms. The Labute approximate surface area is 96.8 Å². The highest BCUT2D eigenvalue weighted by molar-refractivity contribution is 5.07. The highest BCUT2D eigenvalue weighted by Gasteiger charge is 2.23. The van der Waals surface area contributed by atoms with E-state index in [-0.39, 0.29) is 25.2 Å². The SMILES string of the molecule is OCC#CCO[C@H]1CCCC[C@@H]1C#CCO. The summed E-state index contributed by atoms with van der Waals surface area (Å²) in [5, 5.41) is 17.2. The van der Waals surface area contributed by atoms with Crippen LogP contribution in [-0.2, 0) is 4.74 Å². The standard InChI is InChI=1S/C13H18O3/c14-9-3-4-11-16-13-8-2-1-6-12(13)7-5-10-15/h12-15H,1-2,6,8-11H2/t12-,13+/m1/s1. The smallest absolute Gasteiger partial charge is 0.108 e. The summed E-state index contributed by atoms with van der Waals surface area (Å²) >= 11 is 0. The fraction of sp³-hybridized carbons (Fsp3) is 0.692. The summed E-state index contributed by atoms with van der Waals surface area (Å²) in [5.41, 5.74) is 0. The van der Waals surface area contributed by atoms with Gasteiger partial charge in [-0.25, -0.2) is 0 Å². The number of hydrogen-bond donors (Lipinski definition) is 2. The van der Waals surface area contributed by atoms with Crippen LogP contribution in [0.4, 0.5) is 0 Å². The molecule has 0 aliphatic heterocycles. The molecule has 0 amide bonds. The molecule has 0 spiro atoms. The summed E-state index contributed by atoms with van der Waals surface area (Å²) in [7, 11) is 0. The van der Waals surface area contributed by atoms with E-state index >= 15 is 0 Å². The third kappa shape index (κ3) is 4.68. The summed E-state index contributed by atoms with van der Waals surface area (Å²) in [6.45, 7) is 0.137. The lowest BCUT2D eigenvalue weighted by molar-refractivity contribution is 0.0255. The summed E-state index contributed by atoms with van der Waals surface area (Å²) in [6.07, 6.45) is 4.50. The second-order valence-electron chi connectivity index (χ2n) is 3.73. The van der Waals surface area contributed by atoms with Crippen LogP contribution in [-0.4, -0.2) is 36.1 Å². The van der Waals surface area contributed by atoms with Crippen LogP contribution in [0.3, 0.4) is 0 Å². The average molecular weight is 222 g/mol. The molecule has 0 radical (unpaired) electrons. The molecule has 1 rings (SSSR count). The second-order valence-corrected chi connectivity index (χ2v) is 3.73. The van der Waals surface area contributed by atoms with Crippen molar-refractivity contribution in [2.75, 3.05) is 19.8 Å². The quantitative estimate of drug-likeness (QED) is 0.671. The van der Waals surface area contributed by atoms with E-state index < -0.39 is 0 Å². The molecular formula is C13H18O3. The summed E-state index contributed by atoms with van der Waals surface area (Å²) in [6, 6.07) is 0. The number of aliphatic hydroxyl groups excluding tert-OH is 2. The van der Waals surface area contributed by atoms with Gasteiger partial charge in [0.05, 0.1) is 6.10 Å². The molecule has 0 bridgehead atoms. The van der Waals surface area contributed by atoms with E-state index in [1.165, 1.54) is 6.42 Å². The maximum absolute atomic E-state index is 8.66. The normalized spacial score (nSPS) is 23.9. The lowest BCUT2D eigenvalue weighted by Gasteiger charge is -2.27. The van der Waals surface area contributed by atoms with E-state index in [1.54, 1.807) is 0 Å². The Kier molecular flexibility index (Phi) is 6.69. The Bertz CT molecular complexity index is 303. The van der Waals surface area contributed by atoms with Crippen LogP contribution in [0.15, 0.2) is 0 Å². The molecule has 1 saturated carbocycles. The first-order chi connectivity index (χ1) is 7.88. The highest BCUT2D eigenvalue weighted by atomic mass is 16.5. The van der Waals surface area contributed by atoms with E-state index in [9.17, 15) is 0 Å². The molecule has 2 atom stereocenters. The van der Waals surface area contributed by atoms with Gasteiger partial charge < -0.3 is 14.9 Å². The Morgan fingerprint density at radius 3 is 2.50 bits per heavy atom. The van der Waals surface area contributed by atoms with Crippen LogP contribution >= 0.6 is 0 Å². The van der Waals surface area contributed by atoms with Crippen LogP contribution in [0.5, 0.6) is 0 Å². The Morgan fingerprint density at radius 1 is 1.00 bits per heavy atom. The van der Waals surface area contributed by atoms with Crippen molar-refractivity contribution in [2.45, 2.75) is 31.8 Å². The molecule has 1 fully saturated rings. The third-order valence-corrected chi connectivity index (χ3v) is 2.64. The van der Waals surface area contributed by atoms with Gasteiger partial charge >= 0.3 is 0 Å². The first-order valence-electron chi connectivity index (χ1n) is 5.66. The predicted octanol–water partition coefficient (Wildman–Crippen LogP) is 0.553. The van der Waals surface area contributed by atoms with Crippen LogP contribution in [0.1, 0.15) is 25.7 Å². The molecule has 0 aromatic heterocycles. The van der Waals surface area contributed by atoms with Gasteiger partial charge in [0.2, 0.25) is 0 Å². The molecule has 0 unspecified atom stereocenters. The number of aliphatic hydroxyl groups is 2. The Morgan fingerprint density at radius 2 is 1.75 bits per heavy atom. The number of hydrogen-bond acceptors (Lipinski definition) is 3. The van der Waals surface area contributed by atoms with Gasteiger partial charge in [0, 0.05) is 5.92 Å². The average Bonchev–Trinajstić information content (AvgIpc) is 2.33. The van der Waals surface area contributed by atoms with Gasteiger partial charge in [0.15, 0.2) is 0 Å². The summed E-state index contributed by atoms with van der Waals surface area (Å²) in [4.78, 5) is 0. The molecule has 0 saturated heterocycles. The first-order valence-corrected chi connectivity index (χ1v) is 5.66. The largest absolute Gasteiger partial charge is 0.384 e. The molecule has 1 aliphatic rings. The van der Waals surface area contributed by atoms with Gasteiger partial charge in [-0.2, -0.15) is 0 Å². The van der Waals surface area contributed by atoms with Gasteiger partial charge in [-0.1, -0.05) is 36.5 Å². The Balaban J connectivity index is 2.40. The van der Waals surface area contributed by atoms with Gasteiger partial charge in [-0.3, -0.25) is 0 Å². The molecule has 0 aromatic carbocycles. The molecule has 3 nitrogen and oxygen atoms in total. The zero-order valence-corrected chi connectivity index (χ0v) is 9.41. The lowest BCUT2D eigenvalue weighted by atomic mass is 9.87. The van der Waals surface area contributed by atoms with Crippen LogP contribution in [0.2, 0.25) is 0 Å². The van der Waals surface area contributed by atoms with Crippen molar-refractivity contribution in [1.29, 1.82) is 0 Å². The molecule has 3 heteroatoms. The van der Waals surface area contributed by atoms with Crippen LogP contribution in [0.25, 0.3) is 0 Å². The molecule has 1 aliphatic carbocycles. The number of rotatable bonds is 2. The fourth-order valence-corrected chi connectivity index (χ4v) is 1.89. The topological polar surface area (TPSA) is 49.7 Å². The van der Waals surface area contributed by atoms with E-state index in [2.05, 4.69) is 23.7 Å². The molecule has 0 heterocycles. The maximum atomic E-state index is 8.66. The number of ether oxygens (including phenoxy) is 1. The minimum Gasteiger partial charge on any atom is -0.384 e. The van der Waals surface area contributed by atoms with Gasteiger partial charge in [0.25, 0.3) is 0 Å². The third-order valence-electron chi connectivity index (χ3n) is 2.64. The minimum atomic E-state index is -0.123. The van der Waals surface area contributed by atoms with Crippen molar-refractivity contribution in [2.24, 2.45) is 5.92 Å². The zero-order chi connectivity index (χ0) is 11.6. The molecule has 88 valence electrons. The monoisotopic (exact) mass is 222 g/mol. The fourth-order valence-electron chi connectivity index (χ4n) is 1.89. The van der Waals surface area contributed by atoms with Crippen LogP contribution in [0, 0.1) is 29.6 Å². The van der Waals surface area contributed by atoms with E-state index in [0.717, 1.165) is 19.3 Å². The van der Waals surface area contributed by atoms with Gasteiger partial charge in [0.1, 0.15) is 19.8 Å². The van der Waals surface area contributed by atoms with Crippen molar-refractivity contribution in [3.8, 4) is 23.7 Å². The summed E-state index contributed by atoms with van der Waals surface area (Å²) in [5.74, 6) is 11.2. The van der Waals surface area contributed by atoms with Crippen molar-refractivity contribution >= 4 is 0 Å². The maximum Gasteiger partial charge on any atom is 0.108 e. The predicted molar refractivity (Wildman–Crippen MR) is 61.4 cm³/mol. The van der Waals surface area contributed by atoms with E-state index in [0.29, 0.717) is 6.61 Å². The molecule has 0 aromatic rings. The van der Waals surface area contributed by atoms with Crippen molar-refractivity contribution in [3.05, 3.63) is 0 Å². The van der Waals surface area contributed by atoms with Crippen molar-refractivity contribution < 1.29 is 14.9 Å².